The Hall–Kier alpha value is -1.59. The summed E-state index contributed by atoms with van der Waals surface area (Å²) in [7, 11) is 6.11. The van der Waals surface area contributed by atoms with E-state index in [0.717, 1.165) is 25.6 Å². The third-order valence-corrected chi connectivity index (χ3v) is 5.37. The number of nitrogens with zero attached hydrogens (tertiary/aromatic N) is 3. The first kappa shape index (κ1) is 20.7. The van der Waals surface area contributed by atoms with Crippen LogP contribution >= 0.6 is 0 Å². The van der Waals surface area contributed by atoms with Gasteiger partial charge in [-0.1, -0.05) is 29.8 Å². The molecule has 1 heterocycles. The Bertz CT molecular complexity index is 556. The van der Waals surface area contributed by atoms with Crippen LogP contribution in [0.25, 0.3) is 0 Å². The predicted molar refractivity (Wildman–Crippen MR) is 112 cm³/mol. The van der Waals surface area contributed by atoms with E-state index in [2.05, 4.69) is 84.6 Å². The van der Waals surface area contributed by atoms with Crippen LogP contribution in [-0.2, 0) is 0 Å². The lowest BCUT2D eigenvalue weighted by molar-refractivity contribution is 0.167. The van der Waals surface area contributed by atoms with Gasteiger partial charge in [-0.3, -0.25) is 4.99 Å². The molecular weight excluding hydrogens is 322 g/mol. The van der Waals surface area contributed by atoms with Gasteiger partial charge >= 0.3 is 0 Å². The number of piperidine rings is 1. The number of likely N-dealkylation sites (N-methyl/N-ethyl adjacent to an activating group) is 1. The van der Waals surface area contributed by atoms with Crippen molar-refractivity contribution < 1.29 is 0 Å². The van der Waals surface area contributed by atoms with Crippen LogP contribution in [0, 0.1) is 6.92 Å². The Morgan fingerprint density at radius 2 is 1.81 bits per heavy atom. The molecule has 1 saturated heterocycles. The van der Waals surface area contributed by atoms with Crippen molar-refractivity contribution >= 4 is 5.96 Å². The molecule has 1 fully saturated rings. The van der Waals surface area contributed by atoms with Gasteiger partial charge in [0.25, 0.3) is 0 Å². The summed E-state index contributed by atoms with van der Waals surface area (Å²) < 4.78 is 0. The zero-order chi connectivity index (χ0) is 19.1. The summed E-state index contributed by atoms with van der Waals surface area (Å²) in [6.07, 6.45) is 2.35. The Balaban J connectivity index is 1.88. The molecule has 0 spiro atoms. The lowest BCUT2D eigenvalue weighted by Gasteiger charge is -2.35. The summed E-state index contributed by atoms with van der Waals surface area (Å²) in [5.41, 5.74) is 2.62. The number of nitrogens with one attached hydrogen (secondary N) is 2. The highest BCUT2D eigenvalue weighted by molar-refractivity contribution is 5.80. The minimum atomic E-state index is 0.317. The van der Waals surface area contributed by atoms with Gasteiger partial charge in [-0.25, -0.2) is 0 Å². The monoisotopic (exact) mass is 359 g/mol. The van der Waals surface area contributed by atoms with E-state index in [1.165, 1.54) is 24.0 Å². The summed E-state index contributed by atoms with van der Waals surface area (Å²) in [5.74, 6) is 0.909. The molecule has 2 rings (SSSR count). The largest absolute Gasteiger partial charge is 0.354 e. The molecule has 1 aromatic carbocycles. The van der Waals surface area contributed by atoms with E-state index in [0.29, 0.717) is 18.1 Å². The van der Waals surface area contributed by atoms with Crippen LogP contribution in [0.1, 0.15) is 43.9 Å². The summed E-state index contributed by atoms with van der Waals surface area (Å²) in [6.45, 7) is 9.84. The highest BCUT2D eigenvalue weighted by Gasteiger charge is 2.22. The van der Waals surface area contributed by atoms with Gasteiger partial charge < -0.3 is 20.4 Å². The topological polar surface area (TPSA) is 42.9 Å². The van der Waals surface area contributed by atoms with Crippen LogP contribution in [0.4, 0.5) is 0 Å². The number of aliphatic imine (C=N–C) groups is 1. The zero-order valence-electron chi connectivity index (χ0n) is 17.4. The van der Waals surface area contributed by atoms with Crippen LogP contribution in [0.15, 0.2) is 29.3 Å². The number of rotatable bonds is 6. The molecule has 1 atom stereocenters. The second-order valence-corrected chi connectivity index (χ2v) is 7.89. The minimum Gasteiger partial charge on any atom is -0.354 e. The second-order valence-electron chi connectivity index (χ2n) is 7.89. The Labute approximate surface area is 159 Å². The number of benzene rings is 1. The van der Waals surface area contributed by atoms with Crippen molar-refractivity contribution in [3.63, 3.8) is 0 Å². The SMILES string of the molecule is CN=C(NCC(c1ccc(C)cc1)N(C)C)NC1CCN(C(C)C)CC1. The summed E-state index contributed by atoms with van der Waals surface area (Å²) in [5, 5.41) is 7.14. The van der Waals surface area contributed by atoms with Gasteiger partial charge in [-0.2, -0.15) is 0 Å². The summed E-state index contributed by atoms with van der Waals surface area (Å²) in [6, 6.07) is 10.3. The number of guanidine groups is 1. The first-order valence-corrected chi connectivity index (χ1v) is 9.85. The molecule has 146 valence electrons. The van der Waals surface area contributed by atoms with Gasteiger partial charge in [0, 0.05) is 38.8 Å². The van der Waals surface area contributed by atoms with Gasteiger partial charge in [0.1, 0.15) is 0 Å². The normalized spacial score (nSPS) is 18.4. The molecule has 0 aliphatic carbocycles. The lowest BCUT2D eigenvalue weighted by Crippen LogP contribution is -2.50. The van der Waals surface area contributed by atoms with Gasteiger partial charge in [-0.15, -0.1) is 0 Å². The van der Waals surface area contributed by atoms with Crippen molar-refractivity contribution in [2.24, 2.45) is 4.99 Å². The molecule has 0 aromatic heterocycles. The van der Waals surface area contributed by atoms with Crippen LogP contribution in [0.5, 0.6) is 0 Å². The molecule has 5 heteroatoms. The number of hydrogen-bond acceptors (Lipinski definition) is 3. The number of aryl methyl sites for hydroxylation is 1. The van der Waals surface area contributed by atoms with Gasteiger partial charge in [0.05, 0.1) is 6.04 Å². The van der Waals surface area contributed by atoms with E-state index in [1.807, 2.05) is 7.05 Å². The summed E-state index contributed by atoms with van der Waals surface area (Å²) in [4.78, 5) is 9.24. The molecule has 0 bridgehead atoms. The molecule has 0 saturated carbocycles. The van der Waals surface area contributed by atoms with Gasteiger partial charge in [0.2, 0.25) is 0 Å². The molecule has 0 radical (unpaired) electrons. The fourth-order valence-electron chi connectivity index (χ4n) is 3.53. The first-order chi connectivity index (χ1) is 12.4. The molecular formula is C21H37N5. The van der Waals surface area contributed by atoms with E-state index in [4.69, 9.17) is 0 Å². The molecule has 0 amide bonds. The van der Waals surface area contributed by atoms with Crippen LogP contribution in [0.3, 0.4) is 0 Å². The molecule has 1 unspecified atom stereocenters. The van der Waals surface area contributed by atoms with Gasteiger partial charge in [0.15, 0.2) is 5.96 Å². The highest BCUT2D eigenvalue weighted by atomic mass is 15.2. The first-order valence-electron chi connectivity index (χ1n) is 9.85. The van der Waals surface area contributed by atoms with E-state index in [9.17, 15) is 0 Å². The lowest BCUT2D eigenvalue weighted by atomic mass is 10.0. The van der Waals surface area contributed by atoms with Crippen molar-refractivity contribution in [3.05, 3.63) is 35.4 Å². The minimum absolute atomic E-state index is 0.317. The quantitative estimate of drug-likeness (QED) is 0.605. The molecule has 2 N–H and O–H groups in total. The van der Waals surface area contributed by atoms with Crippen LogP contribution in [0.2, 0.25) is 0 Å². The van der Waals surface area contributed by atoms with E-state index in [1.54, 1.807) is 0 Å². The molecule has 1 aliphatic rings. The Kier molecular flexibility index (Phi) is 7.91. The molecule has 1 aromatic rings. The third-order valence-electron chi connectivity index (χ3n) is 5.37. The van der Waals surface area contributed by atoms with Crippen molar-refractivity contribution in [2.75, 3.05) is 40.8 Å². The van der Waals surface area contributed by atoms with Crippen molar-refractivity contribution in [3.8, 4) is 0 Å². The maximum absolute atomic E-state index is 4.44. The second kappa shape index (κ2) is 9.93. The zero-order valence-corrected chi connectivity index (χ0v) is 17.4. The number of likely N-dealkylation sites (tertiary alicyclic amines) is 1. The van der Waals surface area contributed by atoms with E-state index in [-0.39, 0.29) is 0 Å². The van der Waals surface area contributed by atoms with Crippen LogP contribution in [-0.4, -0.2) is 68.6 Å². The Morgan fingerprint density at radius 1 is 1.19 bits per heavy atom. The third kappa shape index (κ3) is 5.99. The van der Waals surface area contributed by atoms with E-state index < -0.39 is 0 Å². The smallest absolute Gasteiger partial charge is 0.191 e. The van der Waals surface area contributed by atoms with Crippen molar-refractivity contribution in [2.45, 2.75) is 51.7 Å². The average molecular weight is 360 g/mol. The Morgan fingerprint density at radius 3 is 2.31 bits per heavy atom. The maximum atomic E-state index is 4.44. The van der Waals surface area contributed by atoms with Crippen molar-refractivity contribution in [1.29, 1.82) is 0 Å². The predicted octanol–water partition coefficient (Wildman–Crippen LogP) is 2.64. The van der Waals surface area contributed by atoms with Crippen LogP contribution < -0.4 is 10.6 Å². The average Bonchev–Trinajstić information content (AvgIpc) is 2.62. The maximum Gasteiger partial charge on any atom is 0.191 e. The fourth-order valence-corrected chi connectivity index (χ4v) is 3.53. The molecule has 26 heavy (non-hydrogen) atoms. The summed E-state index contributed by atoms with van der Waals surface area (Å²) >= 11 is 0. The fraction of sp³-hybridized carbons (Fsp3) is 0.667. The van der Waals surface area contributed by atoms with Gasteiger partial charge in [-0.05, 0) is 53.3 Å². The highest BCUT2D eigenvalue weighted by Crippen LogP contribution is 2.18. The standard InChI is InChI=1S/C21H37N5/c1-16(2)26-13-11-19(12-14-26)24-21(22-4)23-15-20(25(5)6)18-9-7-17(3)8-10-18/h7-10,16,19-20H,11-15H2,1-6H3,(H2,22,23,24). The molecule has 1 aliphatic heterocycles. The van der Waals surface area contributed by atoms with E-state index >= 15 is 0 Å². The molecule has 5 nitrogen and oxygen atoms in total. The number of hydrogen-bond donors (Lipinski definition) is 2. The van der Waals surface area contributed by atoms with Crippen molar-refractivity contribution in [1.82, 2.24) is 20.4 Å².